The summed E-state index contributed by atoms with van der Waals surface area (Å²) >= 11 is 1.13. The summed E-state index contributed by atoms with van der Waals surface area (Å²) in [5.74, 6) is -0.530. The van der Waals surface area contributed by atoms with Crippen molar-refractivity contribution in [2.24, 2.45) is 0 Å². The predicted octanol–water partition coefficient (Wildman–Crippen LogP) is 0.716. The van der Waals surface area contributed by atoms with E-state index in [9.17, 15) is 22.8 Å². The number of carbonyl (C=O) groups is 2. The number of thiophene rings is 1. The number of benzene rings is 1. The molecule has 5 rings (SSSR count). The zero-order chi connectivity index (χ0) is 21.8. The summed E-state index contributed by atoms with van der Waals surface area (Å²) in [4.78, 5) is 44.3. The minimum atomic E-state index is -3.18. The Labute approximate surface area is 179 Å². The van der Waals surface area contributed by atoms with Crippen molar-refractivity contribution >= 4 is 48.9 Å². The SMILES string of the molecule is O=C1COc2ccc(CNC(=O)c3nc4sc5c(c4c(=O)[nH]3)CCS(=O)(=O)C5)cc2N1. The van der Waals surface area contributed by atoms with Crippen LogP contribution < -0.4 is 20.9 Å². The molecule has 1 aromatic carbocycles. The molecule has 2 aliphatic rings. The molecular formula is C19H16N4O6S2. The normalized spacial score (nSPS) is 16.7. The van der Waals surface area contributed by atoms with Gasteiger partial charge in [0, 0.05) is 11.4 Å². The number of hydrogen-bond acceptors (Lipinski definition) is 8. The van der Waals surface area contributed by atoms with E-state index in [2.05, 4.69) is 20.6 Å². The number of aromatic amines is 1. The van der Waals surface area contributed by atoms with Gasteiger partial charge in [-0.3, -0.25) is 14.4 Å². The van der Waals surface area contributed by atoms with Crippen molar-refractivity contribution in [1.29, 1.82) is 0 Å². The van der Waals surface area contributed by atoms with Crippen LogP contribution in [0, 0.1) is 0 Å². The van der Waals surface area contributed by atoms with Crippen molar-refractivity contribution in [1.82, 2.24) is 15.3 Å². The highest BCUT2D eigenvalue weighted by Gasteiger charge is 2.27. The molecule has 0 saturated carbocycles. The first-order valence-corrected chi connectivity index (χ1v) is 12.0. The number of rotatable bonds is 3. The molecule has 0 bridgehead atoms. The minimum absolute atomic E-state index is 0.000215. The molecule has 10 nitrogen and oxygen atoms in total. The number of amides is 2. The number of nitrogens with one attached hydrogen (secondary N) is 3. The number of anilines is 1. The molecule has 4 heterocycles. The molecule has 2 aliphatic heterocycles. The second-order valence-electron chi connectivity index (χ2n) is 7.29. The van der Waals surface area contributed by atoms with Crippen LogP contribution in [0.15, 0.2) is 23.0 Å². The Morgan fingerprint density at radius 3 is 2.97 bits per heavy atom. The number of hydrogen-bond donors (Lipinski definition) is 3. The number of carbonyl (C=O) groups excluding carboxylic acids is 2. The smallest absolute Gasteiger partial charge is 0.287 e. The van der Waals surface area contributed by atoms with Crippen molar-refractivity contribution < 1.29 is 22.7 Å². The zero-order valence-corrected chi connectivity index (χ0v) is 17.6. The minimum Gasteiger partial charge on any atom is -0.482 e. The summed E-state index contributed by atoms with van der Waals surface area (Å²) < 4.78 is 29.1. The average Bonchev–Trinajstić information content (AvgIpc) is 3.08. The quantitative estimate of drug-likeness (QED) is 0.522. The first-order chi connectivity index (χ1) is 14.8. The largest absolute Gasteiger partial charge is 0.482 e. The monoisotopic (exact) mass is 460 g/mol. The van der Waals surface area contributed by atoms with Crippen molar-refractivity contribution in [3.05, 3.63) is 50.4 Å². The third kappa shape index (κ3) is 3.68. The van der Waals surface area contributed by atoms with E-state index in [4.69, 9.17) is 4.74 Å². The van der Waals surface area contributed by atoms with Gasteiger partial charge >= 0.3 is 0 Å². The lowest BCUT2D eigenvalue weighted by atomic mass is 10.1. The highest BCUT2D eigenvalue weighted by Crippen LogP contribution is 2.33. The van der Waals surface area contributed by atoms with Crippen LogP contribution in [0.5, 0.6) is 5.75 Å². The van der Waals surface area contributed by atoms with Gasteiger partial charge < -0.3 is 20.4 Å². The molecule has 31 heavy (non-hydrogen) atoms. The maximum atomic E-state index is 12.6. The number of H-pyrrole nitrogens is 1. The average molecular weight is 460 g/mol. The summed E-state index contributed by atoms with van der Waals surface area (Å²) in [6.07, 6.45) is 0.270. The van der Waals surface area contributed by atoms with Gasteiger partial charge in [-0.2, -0.15) is 0 Å². The van der Waals surface area contributed by atoms with E-state index in [0.29, 0.717) is 32.1 Å². The molecule has 3 N–H and O–H groups in total. The topological polar surface area (TPSA) is 147 Å². The molecule has 0 fully saturated rings. The fraction of sp³-hybridized carbons (Fsp3) is 0.263. The second kappa shape index (κ2) is 7.17. The molecule has 0 saturated heterocycles. The van der Waals surface area contributed by atoms with Crippen molar-refractivity contribution in [3.63, 3.8) is 0 Å². The summed E-state index contributed by atoms with van der Waals surface area (Å²) in [6.45, 7) is 0.103. The lowest BCUT2D eigenvalue weighted by Gasteiger charge is -2.18. The molecule has 0 spiro atoms. The Bertz CT molecular complexity index is 1420. The number of aromatic nitrogens is 2. The van der Waals surface area contributed by atoms with Crippen molar-refractivity contribution in [2.45, 2.75) is 18.7 Å². The lowest BCUT2D eigenvalue weighted by Crippen LogP contribution is -2.28. The summed E-state index contributed by atoms with van der Waals surface area (Å²) in [7, 11) is -3.18. The van der Waals surface area contributed by atoms with Gasteiger partial charge in [0.1, 0.15) is 10.6 Å². The van der Waals surface area contributed by atoms with E-state index >= 15 is 0 Å². The van der Waals surface area contributed by atoms with E-state index in [1.54, 1.807) is 18.2 Å². The van der Waals surface area contributed by atoms with E-state index < -0.39 is 21.3 Å². The Morgan fingerprint density at radius 1 is 1.29 bits per heavy atom. The van der Waals surface area contributed by atoms with Gasteiger partial charge in [-0.15, -0.1) is 11.3 Å². The first-order valence-electron chi connectivity index (χ1n) is 9.38. The van der Waals surface area contributed by atoms with E-state index in [0.717, 1.165) is 16.9 Å². The van der Waals surface area contributed by atoms with Crippen LogP contribution in [-0.2, 0) is 33.4 Å². The van der Waals surface area contributed by atoms with Gasteiger partial charge in [-0.1, -0.05) is 6.07 Å². The van der Waals surface area contributed by atoms with Crippen LogP contribution in [0.3, 0.4) is 0 Å². The first kappa shape index (κ1) is 19.7. The molecule has 12 heteroatoms. The number of ether oxygens (including phenoxy) is 1. The fourth-order valence-corrected chi connectivity index (χ4v) is 6.66. The highest BCUT2D eigenvalue weighted by atomic mass is 32.2. The van der Waals surface area contributed by atoms with Crippen LogP contribution in [0.2, 0.25) is 0 Å². The molecule has 0 aliphatic carbocycles. The number of nitrogens with zero attached hydrogens (tertiary/aromatic N) is 1. The Kier molecular flexibility index (Phi) is 4.55. The molecule has 3 aromatic rings. The van der Waals surface area contributed by atoms with Crippen LogP contribution in [-0.4, -0.2) is 42.6 Å². The fourth-order valence-electron chi connectivity index (χ4n) is 3.63. The molecular weight excluding hydrogens is 444 g/mol. The summed E-state index contributed by atoms with van der Waals surface area (Å²) in [6, 6.07) is 5.15. The van der Waals surface area contributed by atoms with E-state index in [1.165, 1.54) is 0 Å². The molecule has 0 unspecified atom stereocenters. The van der Waals surface area contributed by atoms with E-state index in [-0.39, 0.29) is 42.8 Å². The maximum Gasteiger partial charge on any atom is 0.287 e. The Balaban J connectivity index is 1.37. The van der Waals surface area contributed by atoms with Crippen LogP contribution in [0.4, 0.5) is 5.69 Å². The summed E-state index contributed by atoms with van der Waals surface area (Å²) in [5.41, 5.74) is 1.49. The van der Waals surface area contributed by atoms with Crippen molar-refractivity contribution in [2.75, 3.05) is 17.7 Å². The predicted molar refractivity (Wildman–Crippen MR) is 113 cm³/mol. The third-order valence-corrected chi connectivity index (χ3v) is 7.97. The molecule has 0 radical (unpaired) electrons. The third-order valence-electron chi connectivity index (χ3n) is 5.10. The van der Waals surface area contributed by atoms with Gasteiger partial charge in [-0.05, 0) is 29.7 Å². The zero-order valence-electron chi connectivity index (χ0n) is 16.0. The second-order valence-corrected chi connectivity index (χ2v) is 10.6. The highest BCUT2D eigenvalue weighted by molar-refractivity contribution is 7.90. The van der Waals surface area contributed by atoms with Gasteiger partial charge in [0.05, 0.1) is 22.6 Å². The van der Waals surface area contributed by atoms with Crippen LogP contribution >= 0.6 is 11.3 Å². The van der Waals surface area contributed by atoms with Gasteiger partial charge in [0.15, 0.2) is 16.4 Å². The Hall–Kier alpha value is -3.25. The molecule has 160 valence electrons. The van der Waals surface area contributed by atoms with Crippen LogP contribution in [0.1, 0.15) is 26.6 Å². The molecule has 2 amide bonds. The van der Waals surface area contributed by atoms with Crippen molar-refractivity contribution in [3.8, 4) is 5.75 Å². The number of sulfone groups is 1. The number of aryl methyl sites for hydroxylation is 1. The summed E-state index contributed by atoms with van der Waals surface area (Å²) in [5, 5.41) is 5.74. The van der Waals surface area contributed by atoms with Gasteiger partial charge in [0.2, 0.25) is 5.82 Å². The maximum absolute atomic E-state index is 12.6. The molecule has 0 atom stereocenters. The van der Waals surface area contributed by atoms with E-state index in [1.807, 2.05) is 0 Å². The lowest BCUT2D eigenvalue weighted by molar-refractivity contribution is -0.118. The van der Waals surface area contributed by atoms with Gasteiger partial charge in [-0.25, -0.2) is 13.4 Å². The Morgan fingerprint density at radius 2 is 2.13 bits per heavy atom. The van der Waals surface area contributed by atoms with Crippen LogP contribution in [0.25, 0.3) is 10.2 Å². The number of fused-ring (bicyclic) bond motifs is 4. The van der Waals surface area contributed by atoms with Gasteiger partial charge in [0.25, 0.3) is 17.4 Å². The standard InChI is InChI=1S/C19H16N4O6S2/c24-14-7-29-12-2-1-9(5-11(12)21-14)6-20-18(26)16-22-17(25)15-10-3-4-31(27,28)8-13(10)30-19(15)23-16/h1-2,5H,3-4,6-8H2,(H,20,26)(H,21,24)(H,22,23,25). The molecule has 2 aromatic heterocycles.